The molecule has 0 amide bonds. The summed E-state index contributed by atoms with van der Waals surface area (Å²) in [5, 5.41) is 0. The predicted molar refractivity (Wildman–Crippen MR) is 110 cm³/mol. The van der Waals surface area contributed by atoms with Gasteiger partial charge in [-0.2, -0.15) is 0 Å². The van der Waals surface area contributed by atoms with Gasteiger partial charge in [-0.1, -0.05) is 76.5 Å². The summed E-state index contributed by atoms with van der Waals surface area (Å²) in [6, 6.07) is 8.79. The third-order valence-electron chi connectivity index (χ3n) is 4.46. The van der Waals surface area contributed by atoms with Gasteiger partial charge in [0.1, 0.15) is 6.61 Å². The molecule has 0 aromatic heterocycles. The van der Waals surface area contributed by atoms with Crippen LogP contribution in [-0.2, 0) is 19.0 Å². The second-order valence-electron chi connectivity index (χ2n) is 7.01. The molecule has 28 heavy (non-hydrogen) atoms. The molecule has 0 saturated carbocycles. The van der Waals surface area contributed by atoms with Crippen LogP contribution < -0.4 is 0 Å². The van der Waals surface area contributed by atoms with Gasteiger partial charge in [-0.3, -0.25) is 4.79 Å². The van der Waals surface area contributed by atoms with E-state index in [-0.39, 0.29) is 25.2 Å². The number of rotatable bonds is 16. The third kappa shape index (κ3) is 12.5. The highest BCUT2D eigenvalue weighted by Gasteiger charge is 2.10. The Hall–Kier alpha value is -1.88. The topological polar surface area (TPSA) is 61.8 Å². The molecule has 5 nitrogen and oxygen atoms in total. The van der Waals surface area contributed by atoms with Crippen LogP contribution in [0.4, 0.5) is 0 Å². The van der Waals surface area contributed by atoms with E-state index >= 15 is 0 Å². The Morgan fingerprint density at radius 1 is 0.857 bits per heavy atom. The number of benzene rings is 1. The Morgan fingerprint density at radius 2 is 1.46 bits per heavy atom. The van der Waals surface area contributed by atoms with E-state index in [1.54, 1.807) is 31.2 Å². The Kier molecular flexibility index (Phi) is 13.9. The minimum atomic E-state index is -0.638. The normalized spacial score (nSPS) is 11.8. The lowest BCUT2D eigenvalue weighted by Crippen LogP contribution is -2.21. The molecule has 1 atom stereocenters. The molecule has 158 valence electrons. The fourth-order valence-electron chi connectivity index (χ4n) is 2.86. The molecule has 0 spiro atoms. The highest BCUT2D eigenvalue weighted by molar-refractivity contribution is 5.89. The standard InChI is InChI=1S/C23H36O5/c1-3-4-5-6-7-8-9-10-14-17-22(24)28-20(2)26-18-19-27-23(25)21-15-12-11-13-16-21/h11-13,15-16,20H,3-10,14,17-19H2,1-2H3. The molecule has 0 aliphatic carbocycles. The van der Waals surface area contributed by atoms with Crippen molar-refractivity contribution in [3.05, 3.63) is 35.9 Å². The van der Waals surface area contributed by atoms with Crippen molar-refractivity contribution in [1.29, 1.82) is 0 Å². The Bertz CT molecular complexity index is 529. The van der Waals surface area contributed by atoms with Crippen molar-refractivity contribution < 1.29 is 23.8 Å². The number of ether oxygens (including phenoxy) is 3. The Morgan fingerprint density at radius 3 is 2.11 bits per heavy atom. The van der Waals surface area contributed by atoms with Gasteiger partial charge in [0.15, 0.2) is 6.29 Å². The molecule has 0 bridgehead atoms. The number of hydrogen-bond donors (Lipinski definition) is 0. The maximum Gasteiger partial charge on any atom is 0.338 e. The average molecular weight is 393 g/mol. The molecule has 1 aromatic rings. The zero-order valence-corrected chi connectivity index (χ0v) is 17.5. The van der Waals surface area contributed by atoms with Crippen molar-refractivity contribution in [2.75, 3.05) is 13.2 Å². The lowest BCUT2D eigenvalue weighted by Gasteiger charge is -2.14. The second kappa shape index (κ2) is 16.1. The Balaban J connectivity index is 1.96. The highest BCUT2D eigenvalue weighted by Crippen LogP contribution is 2.11. The van der Waals surface area contributed by atoms with Crippen LogP contribution in [0.1, 0.15) is 88.4 Å². The first-order valence-electron chi connectivity index (χ1n) is 10.7. The first-order chi connectivity index (χ1) is 13.6. The van der Waals surface area contributed by atoms with E-state index in [1.165, 1.54) is 44.9 Å². The van der Waals surface area contributed by atoms with Crippen LogP contribution in [-0.4, -0.2) is 31.4 Å². The van der Waals surface area contributed by atoms with Crippen molar-refractivity contribution in [3.8, 4) is 0 Å². The van der Waals surface area contributed by atoms with Crippen LogP contribution in [0, 0.1) is 0 Å². The number of carbonyl (C=O) groups excluding carboxylic acids is 2. The molecule has 1 aromatic carbocycles. The zero-order valence-electron chi connectivity index (χ0n) is 17.5. The van der Waals surface area contributed by atoms with Gasteiger partial charge in [-0.15, -0.1) is 0 Å². The molecular weight excluding hydrogens is 356 g/mol. The smallest absolute Gasteiger partial charge is 0.338 e. The monoisotopic (exact) mass is 392 g/mol. The number of hydrogen-bond acceptors (Lipinski definition) is 5. The molecule has 1 unspecified atom stereocenters. The van der Waals surface area contributed by atoms with Crippen molar-refractivity contribution in [2.45, 2.75) is 84.3 Å². The van der Waals surface area contributed by atoms with Gasteiger partial charge in [0.25, 0.3) is 0 Å². The van der Waals surface area contributed by atoms with E-state index in [9.17, 15) is 9.59 Å². The SMILES string of the molecule is CCCCCCCCCCCC(=O)OC(C)OCCOC(=O)c1ccccc1. The minimum absolute atomic E-state index is 0.119. The molecule has 0 radical (unpaired) electrons. The van der Waals surface area contributed by atoms with Crippen LogP contribution in [0.2, 0.25) is 0 Å². The van der Waals surface area contributed by atoms with Crippen LogP contribution >= 0.6 is 0 Å². The van der Waals surface area contributed by atoms with Gasteiger partial charge >= 0.3 is 11.9 Å². The fraction of sp³-hybridized carbons (Fsp3) is 0.652. The lowest BCUT2D eigenvalue weighted by atomic mass is 10.1. The predicted octanol–water partition coefficient (Wildman–Crippen LogP) is 5.67. The first-order valence-corrected chi connectivity index (χ1v) is 10.7. The fourth-order valence-corrected chi connectivity index (χ4v) is 2.86. The maximum atomic E-state index is 11.8. The van der Waals surface area contributed by atoms with Gasteiger partial charge in [0, 0.05) is 6.42 Å². The summed E-state index contributed by atoms with van der Waals surface area (Å²) >= 11 is 0. The molecule has 0 saturated heterocycles. The maximum absolute atomic E-state index is 11.8. The summed E-state index contributed by atoms with van der Waals surface area (Å²) in [6.07, 6.45) is 10.7. The number of carbonyl (C=O) groups is 2. The van der Waals surface area contributed by atoms with Gasteiger partial charge in [0.2, 0.25) is 0 Å². The molecule has 0 fully saturated rings. The van der Waals surface area contributed by atoms with E-state index in [0.717, 1.165) is 12.8 Å². The van der Waals surface area contributed by atoms with E-state index in [4.69, 9.17) is 14.2 Å². The first kappa shape index (κ1) is 24.2. The average Bonchev–Trinajstić information content (AvgIpc) is 2.70. The largest absolute Gasteiger partial charge is 0.460 e. The summed E-state index contributed by atoms with van der Waals surface area (Å²) < 4.78 is 15.7. The minimum Gasteiger partial charge on any atom is -0.460 e. The summed E-state index contributed by atoms with van der Waals surface area (Å²) in [7, 11) is 0. The number of esters is 2. The van der Waals surface area contributed by atoms with Gasteiger partial charge in [-0.05, 0) is 25.5 Å². The molecule has 0 aliphatic rings. The zero-order chi connectivity index (χ0) is 20.5. The van der Waals surface area contributed by atoms with E-state index < -0.39 is 6.29 Å². The molecule has 0 heterocycles. The molecule has 0 N–H and O–H groups in total. The van der Waals surface area contributed by atoms with E-state index in [0.29, 0.717) is 12.0 Å². The second-order valence-corrected chi connectivity index (χ2v) is 7.01. The summed E-state index contributed by atoms with van der Waals surface area (Å²) in [4.78, 5) is 23.6. The number of unbranched alkanes of at least 4 members (excludes halogenated alkanes) is 8. The van der Waals surface area contributed by atoms with Crippen molar-refractivity contribution in [3.63, 3.8) is 0 Å². The quantitative estimate of drug-likeness (QED) is 0.206. The lowest BCUT2D eigenvalue weighted by molar-refractivity contribution is -0.176. The Labute approximate surface area is 169 Å². The molecule has 1 rings (SSSR count). The molecule has 5 heteroatoms. The summed E-state index contributed by atoms with van der Waals surface area (Å²) in [6.45, 7) is 4.21. The van der Waals surface area contributed by atoms with Crippen molar-refractivity contribution in [1.82, 2.24) is 0 Å². The summed E-state index contributed by atoms with van der Waals surface area (Å²) in [5.74, 6) is -0.629. The van der Waals surface area contributed by atoms with Gasteiger partial charge < -0.3 is 14.2 Å². The van der Waals surface area contributed by atoms with Gasteiger partial charge in [-0.25, -0.2) is 4.79 Å². The molecule has 0 aliphatic heterocycles. The summed E-state index contributed by atoms with van der Waals surface area (Å²) in [5.41, 5.74) is 0.503. The van der Waals surface area contributed by atoms with Crippen molar-refractivity contribution >= 4 is 11.9 Å². The van der Waals surface area contributed by atoms with Crippen LogP contribution in [0.25, 0.3) is 0 Å². The van der Waals surface area contributed by atoms with Crippen molar-refractivity contribution in [2.24, 2.45) is 0 Å². The van der Waals surface area contributed by atoms with E-state index in [1.807, 2.05) is 6.07 Å². The van der Waals surface area contributed by atoms with Crippen LogP contribution in [0.3, 0.4) is 0 Å². The van der Waals surface area contributed by atoms with E-state index in [2.05, 4.69) is 6.92 Å². The molecular formula is C23H36O5. The van der Waals surface area contributed by atoms with Crippen LogP contribution in [0.5, 0.6) is 0 Å². The third-order valence-corrected chi connectivity index (χ3v) is 4.46. The van der Waals surface area contributed by atoms with Crippen LogP contribution in [0.15, 0.2) is 30.3 Å². The highest BCUT2D eigenvalue weighted by atomic mass is 16.7. The van der Waals surface area contributed by atoms with Gasteiger partial charge in [0.05, 0.1) is 12.2 Å².